The SMILES string of the molecule is CN(CC(C)(C)O)C(=O)CCc1nc2ccccc2s1. The summed E-state index contributed by atoms with van der Waals surface area (Å²) in [4.78, 5) is 18.1. The van der Waals surface area contributed by atoms with Crippen LogP contribution in [0.5, 0.6) is 0 Å². The van der Waals surface area contributed by atoms with E-state index in [0.717, 1.165) is 15.2 Å². The van der Waals surface area contributed by atoms with Crippen LogP contribution < -0.4 is 0 Å². The number of fused-ring (bicyclic) bond motifs is 1. The molecule has 0 saturated heterocycles. The lowest BCUT2D eigenvalue weighted by Gasteiger charge is -2.25. The number of carbonyl (C=O) groups excluding carboxylic acids is 1. The molecule has 0 aliphatic heterocycles. The fourth-order valence-electron chi connectivity index (χ4n) is 2.10. The number of amides is 1. The largest absolute Gasteiger partial charge is 0.389 e. The smallest absolute Gasteiger partial charge is 0.222 e. The maximum Gasteiger partial charge on any atom is 0.222 e. The molecule has 4 nitrogen and oxygen atoms in total. The summed E-state index contributed by atoms with van der Waals surface area (Å²) in [5.41, 5.74) is 0.130. The van der Waals surface area contributed by atoms with E-state index in [1.807, 2.05) is 24.3 Å². The molecule has 1 aromatic heterocycles. The molecule has 1 aromatic carbocycles. The van der Waals surface area contributed by atoms with Gasteiger partial charge in [-0.1, -0.05) is 12.1 Å². The highest BCUT2D eigenvalue weighted by Gasteiger charge is 2.19. The van der Waals surface area contributed by atoms with E-state index in [0.29, 0.717) is 19.4 Å². The van der Waals surface area contributed by atoms with Gasteiger partial charge in [-0.3, -0.25) is 4.79 Å². The monoisotopic (exact) mass is 292 g/mol. The predicted molar refractivity (Wildman–Crippen MR) is 81.9 cm³/mol. The Morgan fingerprint density at radius 3 is 2.75 bits per heavy atom. The van der Waals surface area contributed by atoms with Gasteiger partial charge in [-0.15, -0.1) is 11.3 Å². The van der Waals surface area contributed by atoms with Crippen LogP contribution in [0.25, 0.3) is 10.2 Å². The Balaban J connectivity index is 1.93. The summed E-state index contributed by atoms with van der Waals surface area (Å²) in [5.74, 6) is 0.0337. The van der Waals surface area contributed by atoms with Gasteiger partial charge < -0.3 is 10.0 Å². The van der Waals surface area contributed by atoms with Crippen LogP contribution in [0, 0.1) is 0 Å². The molecule has 0 saturated carbocycles. The number of aryl methyl sites for hydroxylation is 1. The highest BCUT2D eigenvalue weighted by molar-refractivity contribution is 7.18. The number of benzene rings is 1. The van der Waals surface area contributed by atoms with Crippen molar-refractivity contribution in [2.45, 2.75) is 32.3 Å². The molecule has 2 rings (SSSR count). The molecule has 5 heteroatoms. The number of likely N-dealkylation sites (N-methyl/N-ethyl adjacent to an activating group) is 1. The second kappa shape index (κ2) is 5.89. The molecule has 1 amide bonds. The summed E-state index contributed by atoms with van der Waals surface area (Å²) in [6.07, 6.45) is 1.07. The van der Waals surface area contributed by atoms with Crippen LogP contribution in [0.4, 0.5) is 0 Å². The first kappa shape index (κ1) is 14.9. The molecular weight excluding hydrogens is 272 g/mol. The lowest BCUT2D eigenvalue weighted by Crippen LogP contribution is -2.39. The van der Waals surface area contributed by atoms with Gasteiger partial charge in [0, 0.05) is 26.4 Å². The minimum Gasteiger partial charge on any atom is -0.389 e. The number of thiazole rings is 1. The zero-order chi connectivity index (χ0) is 14.8. The first-order valence-electron chi connectivity index (χ1n) is 6.66. The average Bonchev–Trinajstić information content (AvgIpc) is 2.76. The van der Waals surface area contributed by atoms with Crippen molar-refractivity contribution in [2.75, 3.05) is 13.6 Å². The molecule has 0 fully saturated rings. The second-order valence-electron chi connectivity index (χ2n) is 5.64. The maximum absolute atomic E-state index is 12.0. The summed E-state index contributed by atoms with van der Waals surface area (Å²) in [7, 11) is 1.72. The van der Waals surface area contributed by atoms with E-state index in [1.165, 1.54) is 0 Å². The molecule has 0 aliphatic carbocycles. The Hall–Kier alpha value is -1.46. The van der Waals surface area contributed by atoms with Gasteiger partial charge in [0.15, 0.2) is 0 Å². The molecule has 1 N–H and O–H groups in total. The zero-order valence-corrected chi connectivity index (χ0v) is 12.9. The van der Waals surface area contributed by atoms with Gasteiger partial charge in [0.25, 0.3) is 0 Å². The van der Waals surface area contributed by atoms with Crippen LogP contribution in [-0.2, 0) is 11.2 Å². The van der Waals surface area contributed by atoms with Crippen molar-refractivity contribution in [1.29, 1.82) is 0 Å². The van der Waals surface area contributed by atoms with Gasteiger partial charge >= 0.3 is 0 Å². The summed E-state index contributed by atoms with van der Waals surface area (Å²) in [6.45, 7) is 3.74. The Kier molecular flexibility index (Phi) is 4.40. The van der Waals surface area contributed by atoms with Crippen LogP contribution in [0.1, 0.15) is 25.3 Å². The highest BCUT2D eigenvalue weighted by Crippen LogP contribution is 2.22. The third kappa shape index (κ3) is 4.02. The number of para-hydroxylation sites is 1. The van der Waals surface area contributed by atoms with Crippen molar-refractivity contribution >= 4 is 27.5 Å². The van der Waals surface area contributed by atoms with Crippen molar-refractivity contribution in [3.63, 3.8) is 0 Å². The van der Waals surface area contributed by atoms with E-state index < -0.39 is 5.60 Å². The number of hydrogen-bond donors (Lipinski definition) is 1. The van der Waals surface area contributed by atoms with Crippen molar-refractivity contribution in [1.82, 2.24) is 9.88 Å². The number of nitrogens with zero attached hydrogens (tertiary/aromatic N) is 2. The number of rotatable bonds is 5. The van der Waals surface area contributed by atoms with Crippen LogP contribution >= 0.6 is 11.3 Å². The Labute approximate surface area is 123 Å². The Morgan fingerprint density at radius 1 is 1.40 bits per heavy atom. The molecule has 0 spiro atoms. The molecule has 108 valence electrons. The number of hydrogen-bond acceptors (Lipinski definition) is 4. The van der Waals surface area contributed by atoms with Gasteiger partial charge in [0.2, 0.25) is 5.91 Å². The third-order valence-corrected chi connectivity index (χ3v) is 4.04. The topological polar surface area (TPSA) is 53.4 Å². The summed E-state index contributed by atoms with van der Waals surface area (Å²) >= 11 is 1.63. The zero-order valence-electron chi connectivity index (χ0n) is 12.1. The van der Waals surface area contributed by atoms with E-state index in [2.05, 4.69) is 4.98 Å². The third-order valence-electron chi connectivity index (χ3n) is 2.94. The second-order valence-corrected chi connectivity index (χ2v) is 6.75. The normalized spacial score (nSPS) is 11.8. The van der Waals surface area contributed by atoms with Crippen LogP contribution in [-0.4, -0.2) is 40.1 Å². The molecule has 0 radical (unpaired) electrons. The minimum absolute atomic E-state index is 0.0337. The van der Waals surface area contributed by atoms with Gasteiger partial charge in [-0.2, -0.15) is 0 Å². The molecule has 2 aromatic rings. The quantitative estimate of drug-likeness (QED) is 0.921. The summed E-state index contributed by atoms with van der Waals surface area (Å²) in [5, 5.41) is 10.7. The van der Waals surface area contributed by atoms with Gasteiger partial charge in [-0.05, 0) is 26.0 Å². The van der Waals surface area contributed by atoms with E-state index in [1.54, 1.807) is 37.1 Å². The first-order chi connectivity index (χ1) is 9.35. The van der Waals surface area contributed by atoms with Crippen molar-refractivity contribution in [2.24, 2.45) is 0 Å². The summed E-state index contributed by atoms with van der Waals surface area (Å²) < 4.78 is 1.15. The lowest BCUT2D eigenvalue weighted by molar-refractivity contribution is -0.132. The van der Waals surface area contributed by atoms with Crippen LogP contribution in [0.3, 0.4) is 0 Å². The first-order valence-corrected chi connectivity index (χ1v) is 7.47. The van der Waals surface area contributed by atoms with Crippen molar-refractivity contribution in [3.05, 3.63) is 29.3 Å². The fraction of sp³-hybridized carbons (Fsp3) is 0.467. The fourth-order valence-corrected chi connectivity index (χ4v) is 3.07. The minimum atomic E-state index is -0.861. The molecule has 0 atom stereocenters. The highest BCUT2D eigenvalue weighted by atomic mass is 32.1. The van der Waals surface area contributed by atoms with Gasteiger partial charge in [0.1, 0.15) is 0 Å². The van der Waals surface area contributed by atoms with E-state index in [-0.39, 0.29) is 5.91 Å². The average molecular weight is 292 g/mol. The predicted octanol–water partition coefficient (Wildman–Crippen LogP) is 2.46. The molecule has 1 heterocycles. The molecule has 0 bridgehead atoms. The van der Waals surface area contributed by atoms with E-state index >= 15 is 0 Å². The van der Waals surface area contributed by atoms with Crippen LogP contribution in [0.2, 0.25) is 0 Å². The number of aliphatic hydroxyl groups is 1. The maximum atomic E-state index is 12.0. The molecule has 20 heavy (non-hydrogen) atoms. The van der Waals surface area contributed by atoms with Gasteiger partial charge in [-0.25, -0.2) is 4.98 Å². The Bertz CT molecular complexity index is 568. The lowest BCUT2D eigenvalue weighted by atomic mass is 10.1. The molecule has 0 aliphatic rings. The van der Waals surface area contributed by atoms with Crippen molar-refractivity contribution < 1.29 is 9.90 Å². The number of aromatic nitrogens is 1. The number of carbonyl (C=O) groups is 1. The standard InChI is InChI=1S/C15H20N2O2S/c1-15(2,19)10-17(3)14(18)9-8-13-16-11-6-4-5-7-12(11)20-13/h4-7,19H,8-10H2,1-3H3. The van der Waals surface area contributed by atoms with Gasteiger partial charge in [0.05, 0.1) is 20.8 Å². The van der Waals surface area contributed by atoms with Crippen LogP contribution in [0.15, 0.2) is 24.3 Å². The molecule has 0 unspecified atom stereocenters. The Morgan fingerprint density at radius 2 is 2.10 bits per heavy atom. The van der Waals surface area contributed by atoms with E-state index in [4.69, 9.17) is 0 Å². The van der Waals surface area contributed by atoms with Crippen molar-refractivity contribution in [3.8, 4) is 0 Å². The van der Waals surface area contributed by atoms with E-state index in [9.17, 15) is 9.90 Å². The molecular formula is C15H20N2O2S. The summed E-state index contributed by atoms with van der Waals surface area (Å²) in [6, 6.07) is 7.98.